The Kier molecular flexibility index (Phi) is 4.89. The molecular weight excluding hydrogens is 281 g/mol. The molecule has 0 amide bonds. The SMILES string of the molecule is Cl.Fc1c(F)c(F)c([C@H]2COCCN2)c(F)c1F. The topological polar surface area (TPSA) is 21.3 Å². The van der Waals surface area contributed by atoms with E-state index in [9.17, 15) is 22.0 Å². The third-order valence-electron chi connectivity index (χ3n) is 2.51. The van der Waals surface area contributed by atoms with Crippen LogP contribution in [0, 0.1) is 29.1 Å². The van der Waals surface area contributed by atoms with Crippen LogP contribution in [0.15, 0.2) is 0 Å². The second-order valence-corrected chi connectivity index (χ2v) is 3.57. The van der Waals surface area contributed by atoms with E-state index in [0.717, 1.165) is 0 Å². The highest BCUT2D eigenvalue weighted by Crippen LogP contribution is 2.28. The first kappa shape index (κ1) is 15.1. The van der Waals surface area contributed by atoms with Gasteiger partial charge >= 0.3 is 0 Å². The van der Waals surface area contributed by atoms with Crippen molar-refractivity contribution in [3.63, 3.8) is 0 Å². The molecule has 8 heteroatoms. The summed E-state index contributed by atoms with van der Waals surface area (Å²) in [6.07, 6.45) is 0. The molecule has 1 aromatic carbocycles. The van der Waals surface area contributed by atoms with Crippen LogP contribution >= 0.6 is 12.4 Å². The summed E-state index contributed by atoms with van der Waals surface area (Å²) in [6, 6.07) is -1.03. The molecule has 1 heterocycles. The van der Waals surface area contributed by atoms with Gasteiger partial charge in [-0.1, -0.05) is 0 Å². The van der Waals surface area contributed by atoms with E-state index in [-0.39, 0.29) is 25.6 Å². The number of halogens is 6. The van der Waals surface area contributed by atoms with Gasteiger partial charge in [0.2, 0.25) is 5.82 Å². The van der Waals surface area contributed by atoms with Crippen molar-refractivity contribution < 1.29 is 26.7 Å². The van der Waals surface area contributed by atoms with Crippen LogP contribution in [0.2, 0.25) is 0 Å². The Morgan fingerprint density at radius 3 is 1.83 bits per heavy atom. The number of rotatable bonds is 1. The molecule has 18 heavy (non-hydrogen) atoms. The predicted molar refractivity (Wildman–Crippen MR) is 55.0 cm³/mol. The standard InChI is InChI=1S/C10H8F5NO.ClH/c11-6-5(4-3-17-2-1-16-4)7(12)9(14)10(15)8(6)13;/h4,16H,1-3H2;1H/t4-;/m1./s1. The fourth-order valence-corrected chi connectivity index (χ4v) is 1.68. The van der Waals surface area contributed by atoms with Gasteiger partial charge in [-0.05, 0) is 0 Å². The highest BCUT2D eigenvalue weighted by Gasteiger charge is 2.31. The Balaban J connectivity index is 0.00000162. The third-order valence-corrected chi connectivity index (χ3v) is 2.51. The Morgan fingerprint density at radius 1 is 0.889 bits per heavy atom. The van der Waals surface area contributed by atoms with Crippen molar-refractivity contribution >= 4 is 12.4 Å². The molecule has 2 rings (SSSR count). The molecule has 1 saturated heterocycles. The van der Waals surface area contributed by atoms with Gasteiger partial charge in [-0.2, -0.15) is 0 Å². The first-order valence-corrected chi connectivity index (χ1v) is 4.86. The Morgan fingerprint density at radius 2 is 1.39 bits per heavy atom. The van der Waals surface area contributed by atoms with Gasteiger partial charge in [0.1, 0.15) is 0 Å². The summed E-state index contributed by atoms with van der Waals surface area (Å²) in [6.45, 7) is 0.467. The van der Waals surface area contributed by atoms with Gasteiger partial charge in [0.15, 0.2) is 23.3 Å². The highest BCUT2D eigenvalue weighted by molar-refractivity contribution is 5.85. The van der Waals surface area contributed by atoms with Crippen LogP contribution in [0.3, 0.4) is 0 Å². The normalized spacial score (nSPS) is 19.5. The summed E-state index contributed by atoms with van der Waals surface area (Å²) in [5.74, 6) is -9.66. The smallest absolute Gasteiger partial charge is 0.200 e. The van der Waals surface area contributed by atoms with E-state index in [4.69, 9.17) is 4.74 Å². The molecule has 0 bridgehead atoms. The molecule has 0 unspecified atom stereocenters. The Labute approximate surface area is 106 Å². The fraction of sp³-hybridized carbons (Fsp3) is 0.400. The Bertz CT molecular complexity index is 421. The maximum atomic E-state index is 13.4. The average molecular weight is 290 g/mol. The molecule has 1 N–H and O–H groups in total. The summed E-state index contributed by atoms with van der Waals surface area (Å²) in [5, 5.41) is 2.63. The van der Waals surface area contributed by atoms with E-state index in [1.54, 1.807) is 0 Å². The van der Waals surface area contributed by atoms with Crippen molar-refractivity contribution in [2.45, 2.75) is 6.04 Å². The van der Waals surface area contributed by atoms with Crippen molar-refractivity contribution in [1.82, 2.24) is 5.32 Å². The molecule has 0 aliphatic carbocycles. The highest BCUT2D eigenvalue weighted by atomic mass is 35.5. The monoisotopic (exact) mass is 289 g/mol. The molecule has 102 valence electrons. The van der Waals surface area contributed by atoms with E-state index >= 15 is 0 Å². The molecule has 1 aliphatic rings. The van der Waals surface area contributed by atoms with Crippen LogP contribution in [-0.4, -0.2) is 19.8 Å². The van der Waals surface area contributed by atoms with Crippen molar-refractivity contribution in [3.05, 3.63) is 34.6 Å². The number of morpholine rings is 1. The molecule has 1 fully saturated rings. The van der Waals surface area contributed by atoms with Crippen LogP contribution in [0.5, 0.6) is 0 Å². The lowest BCUT2D eigenvalue weighted by molar-refractivity contribution is 0.0738. The number of hydrogen-bond donors (Lipinski definition) is 1. The molecule has 1 aromatic rings. The number of benzene rings is 1. The molecule has 0 radical (unpaired) electrons. The van der Waals surface area contributed by atoms with Gasteiger partial charge < -0.3 is 10.1 Å². The molecule has 1 atom stereocenters. The molecule has 1 aliphatic heterocycles. The van der Waals surface area contributed by atoms with Crippen molar-refractivity contribution in [2.75, 3.05) is 19.8 Å². The maximum Gasteiger partial charge on any atom is 0.200 e. The van der Waals surface area contributed by atoms with Crippen LogP contribution < -0.4 is 5.32 Å². The fourth-order valence-electron chi connectivity index (χ4n) is 1.68. The van der Waals surface area contributed by atoms with Gasteiger partial charge in [-0.15, -0.1) is 12.4 Å². The quantitative estimate of drug-likeness (QED) is 0.487. The lowest BCUT2D eigenvalue weighted by atomic mass is 10.0. The van der Waals surface area contributed by atoms with Crippen molar-refractivity contribution in [1.29, 1.82) is 0 Å². The first-order valence-electron chi connectivity index (χ1n) is 4.86. The van der Waals surface area contributed by atoms with Gasteiger partial charge in [0.25, 0.3) is 0 Å². The molecule has 0 spiro atoms. The molecule has 2 nitrogen and oxygen atoms in total. The van der Waals surface area contributed by atoms with Gasteiger partial charge in [-0.3, -0.25) is 0 Å². The van der Waals surface area contributed by atoms with Crippen LogP contribution in [0.25, 0.3) is 0 Å². The van der Waals surface area contributed by atoms with Gasteiger partial charge in [0, 0.05) is 12.1 Å². The summed E-state index contributed by atoms with van der Waals surface area (Å²) < 4.78 is 70.3. The van der Waals surface area contributed by atoms with Crippen molar-refractivity contribution in [2.24, 2.45) is 0 Å². The first-order chi connectivity index (χ1) is 8.04. The third kappa shape index (κ3) is 2.43. The number of hydrogen-bond acceptors (Lipinski definition) is 2. The predicted octanol–water partition coefficient (Wildman–Crippen LogP) is 2.46. The second kappa shape index (κ2) is 5.81. The number of nitrogens with one attached hydrogen (secondary N) is 1. The lowest BCUT2D eigenvalue weighted by Gasteiger charge is -2.25. The summed E-state index contributed by atoms with van der Waals surface area (Å²) in [4.78, 5) is 0. The minimum atomic E-state index is -2.15. The second-order valence-electron chi connectivity index (χ2n) is 3.57. The summed E-state index contributed by atoms with van der Waals surface area (Å²) in [7, 11) is 0. The van der Waals surface area contributed by atoms with Crippen LogP contribution in [0.4, 0.5) is 22.0 Å². The lowest BCUT2D eigenvalue weighted by Crippen LogP contribution is -2.36. The summed E-state index contributed by atoms with van der Waals surface area (Å²) >= 11 is 0. The Hall–Kier alpha value is -0.920. The van der Waals surface area contributed by atoms with Gasteiger partial charge in [0.05, 0.1) is 19.3 Å². The largest absolute Gasteiger partial charge is 0.378 e. The zero-order valence-electron chi connectivity index (χ0n) is 8.90. The van der Waals surface area contributed by atoms with E-state index in [1.165, 1.54) is 0 Å². The minimum Gasteiger partial charge on any atom is -0.378 e. The molecule has 0 aromatic heterocycles. The zero-order chi connectivity index (χ0) is 12.6. The van der Waals surface area contributed by atoms with E-state index in [2.05, 4.69) is 5.32 Å². The van der Waals surface area contributed by atoms with Crippen LogP contribution in [0.1, 0.15) is 11.6 Å². The number of ether oxygens (including phenoxy) is 1. The summed E-state index contributed by atoms with van der Waals surface area (Å²) in [5.41, 5.74) is -0.874. The van der Waals surface area contributed by atoms with E-state index in [1.807, 2.05) is 0 Å². The van der Waals surface area contributed by atoms with Crippen molar-refractivity contribution in [3.8, 4) is 0 Å². The minimum absolute atomic E-state index is 0. The van der Waals surface area contributed by atoms with E-state index < -0.39 is 40.7 Å². The van der Waals surface area contributed by atoms with E-state index in [0.29, 0.717) is 6.61 Å². The van der Waals surface area contributed by atoms with Gasteiger partial charge in [-0.25, -0.2) is 22.0 Å². The molecule has 0 saturated carbocycles. The average Bonchev–Trinajstić information content (AvgIpc) is 2.36. The maximum absolute atomic E-state index is 13.4. The molecular formula is C10H9ClF5NO. The zero-order valence-corrected chi connectivity index (χ0v) is 9.72. The van der Waals surface area contributed by atoms with Crippen LogP contribution in [-0.2, 0) is 4.74 Å².